The highest BCUT2D eigenvalue weighted by Gasteiger charge is 2.41. The summed E-state index contributed by atoms with van der Waals surface area (Å²) in [6.07, 6.45) is 9.83. The first-order chi connectivity index (χ1) is 7.36. The monoisotopic (exact) mass is 202 g/mol. The van der Waals surface area contributed by atoms with Gasteiger partial charge in [-0.3, -0.25) is 4.98 Å². The lowest BCUT2D eigenvalue weighted by Gasteiger charge is -2.34. The van der Waals surface area contributed by atoms with Gasteiger partial charge in [0.15, 0.2) is 0 Å². The number of piperidine rings is 1. The van der Waals surface area contributed by atoms with E-state index < -0.39 is 0 Å². The van der Waals surface area contributed by atoms with E-state index in [1.165, 1.54) is 37.8 Å². The van der Waals surface area contributed by atoms with Crippen LogP contribution in [0, 0.1) is 0 Å². The average molecular weight is 202 g/mol. The maximum absolute atomic E-state index is 4.44. The predicted molar refractivity (Wildman–Crippen MR) is 60.7 cm³/mol. The molecular formula is C13H18N2. The number of fused-ring (bicyclic) bond motifs is 2. The van der Waals surface area contributed by atoms with E-state index in [1.807, 2.05) is 12.3 Å². The van der Waals surface area contributed by atoms with Crippen molar-refractivity contribution in [2.75, 3.05) is 0 Å². The molecule has 1 aromatic heterocycles. The summed E-state index contributed by atoms with van der Waals surface area (Å²) in [5.41, 5.74) is 1.63. The zero-order chi connectivity index (χ0) is 10.1. The lowest BCUT2D eigenvalue weighted by molar-refractivity contribution is 0.272. The maximum Gasteiger partial charge on any atom is 0.0421 e. The summed E-state index contributed by atoms with van der Waals surface area (Å²) in [5.74, 6) is 0. The molecule has 15 heavy (non-hydrogen) atoms. The number of nitrogens with zero attached hydrogens (tertiary/aromatic N) is 1. The molecule has 3 rings (SSSR count). The van der Waals surface area contributed by atoms with Crippen molar-refractivity contribution < 1.29 is 0 Å². The fourth-order valence-electron chi connectivity index (χ4n) is 3.21. The Balaban J connectivity index is 1.77. The molecule has 1 aromatic rings. The molecule has 1 N–H and O–H groups in total. The average Bonchev–Trinajstić information content (AvgIpc) is 2.55. The van der Waals surface area contributed by atoms with Gasteiger partial charge in [0.05, 0.1) is 0 Å². The molecule has 2 heteroatoms. The third-order valence-corrected chi connectivity index (χ3v) is 3.94. The van der Waals surface area contributed by atoms with Crippen molar-refractivity contribution in [2.24, 2.45) is 0 Å². The summed E-state index contributed by atoms with van der Waals surface area (Å²) in [6, 6.07) is 7.03. The summed E-state index contributed by atoms with van der Waals surface area (Å²) >= 11 is 0. The minimum atomic E-state index is 0.386. The Bertz CT molecular complexity index is 332. The van der Waals surface area contributed by atoms with Crippen LogP contribution in [-0.2, 0) is 6.42 Å². The topological polar surface area (TPSA) is 24.9 Å². The number of pyridine rings is 1. The van der Waals surface area contributed by atoms with E-state index in [4.69, 9.17) is 0 Å². The van der Waals surface area contributed by atoms with E-state index in [2.05, 4.69) is 22.4 Å². The maximum atomic E-state index is 4.44. The number of hydrogen-bond donors (Lipinski definition) is 1. The second-order valence-corrected chi connectivity index (χ2v) is 5.05. The molecule has 80 valence electrons. The Hall–Kier alpha value is -0.890. The Kier molecular flexibility index (Phi) is 2.24. The Labute approximate surface area is 91.1 Å². The number of aromatic nitrogens is 1. The Morgan fingerprint density at radius 1 is 1.33 bits per heavy atom. The van der Waals surface area contributed by atoms with Gasteiger partial charge in [0, 0.05) is 29.9 Å². The fraction of sp³-hybridized carbons (Fsp3) is 0.615. The van der Waals surface area contributed by atoms with Crippen LogP contribution in [-0.4, -0.2) is 16.6 Å². The smallest absolute Gasteiger partial charge is 0.0421 e. The lowest BCUT2D eigenvalue weighted by Crippen LogP contribution is -2.48. The molecular weight excluding hydrogens is 184 g/mol. The molecule has 2 fully saturated rings. The van der Waals surface area contributed by atoms with Gasteiger partial charge in [-0.05, 0) is 37.8 Å². The highest BCUT2D eigenvalue weighted by Crippen LogP contribution is 2.37. The zero-order valence-corrected chi connectivity index (χ0v) is 9.08. The first kappa shape index (κ1) is 9.34. The van der Waals surface area contributed by atoms with Gasteiger partial charge in [-0.1, -0.05) is 12.5 Å². The van der Waals surface area contributed by atoms with E-state index in [-0.39, 0.29) is 0 Å². The largest absolute Gasteiger partial charge is 0.308 e. The normalized spacial score (nSPS) is 34.3. The first-order valence-electron chi connectivity index (χ1n) is 6.04. The highest BCUT2D eigenvalue weighted by atomic mass is 15.1. The molecule has 0 saturated carbocycles. The minimum Gasteiger partial charge on any atom is -0.308 e. The van der Waals surface area contributed by atoms with Gasteiger partial charge >= 0.3 is 0 Å². The van der Waals surface area contributed by atoms with Crippen molar-refractivity contribution in [3.8, 4) is 0 Å². The molecule has 0 aromatic carbocycles. The Morgan fingerprint density at radius 2 is 2.33 bits per heavy atom. The molecule has 0 aliphatic carbocycles. The first-order valence-corrected chi connectivity index (χ1v) is 6.04. The van der Waals surface area contributed by atoms with Crippen LogP contribution in [0.3, 0.4) is 0 Å². The van der Waals surface area contributed by atoms with Gasteiger partial charge in [-0.2, -0.15) is 0 Å². The van der Waals surface area contributed by atoms with Crippen LogP contribution < -0.4 is 5.32 Å². The number of rotatable bonds is 2. The molecule has 2 aliphatic heterocycles. The van der Waals surface area contributed by atoms with Gasteiger partial charge in [-0.25, -0.2) is 0 Å². The van der Waals surface area contributed by atoms with Crippen LogP contribution in [0.1, 0.15) is 37.8 Å². The van der Waals surface area contributed by atoms with Gasteiger partial charge in [0.2, 0.25) is 0 Å². The summed E-state index contributed by atoms with van der Waals surface area (Å²) in [6.45, 7) is 0. The van der Waals surface area contributed by atoms with Crippen LogP contribution >= 0.6 is 0 Å². The van der Waals surface area contributed by atoms with Crippen LogP contribution in [0.2, 0.25) is 0 Å². The van der Waals surface area contributed by atoms with E-state index in [1.54, 1.807) is 0 Å². The van der Waals surface area contributed by atoms with Gasteiger partial charge in [0.1, 0.15) is 0 Å². The van der Waals surface area contributed by atoms with Crippen LogP contribution in [0.15, 0.2) is 24.4 Å². The van der Waals surface area contributed by atoms with Crippen molar-refractivity contribution in [1.82, 2.24) is 10.3 Å². The minimum absolute atomic E-state index is 0.386. The SMILES string of the molecule is c1ccc(CC23CCCC(CC2)N3)nc1. The third kappa shape index (κ3) is 1.78. The predicted octanol–water partition coefficient (Wildman–Crippen LogP) is 2.30. The quantitative estimate of drug-likeness (QED) is 0.796. The van der Waals surface area contributed by atoms with Crippen LogP contribution in [0.25, 0.3) is 0 Å². The third-order valence-electron chi connectivity index (χ3n) is 3.94. The van der Waals surface area contributed by atoms with E-state index in [0.717, 1.165) is 12.5 Å². The van der Waals surface area contributed by atoms with E-state index in [9.17, 15) is 0 Å². The molecule has 2 aliphatic rings. The van der Waals surface area contributed by atoms with E-state index in [0.29, 0.717) is 5.54 Å². The Morgan fingerprint density at radius 3 is 3.20 bits per heavy atom. The number of nitrogens with one attached hydrogen (secondary N) is 1. The molecule has 0 radical (unpaired) electrons. The van der Waals surface area contributed by atoms with Crippen molar-refractivity contribution in [3.63, 3.8) is 0 Å². The van der Waals surface area contributed by atoms with Crippen molar-refractivity contribution in [1.29, 1.82) is 0 Å². The molecule has 2 bridgehead atoms. The lowest BCUT2D eigenvalue weighted by atomic mass is 9.86. The zero-order valence-electron chi connectivity index (χ0n) is 9.08. The van der Waals surface area contributed by atoms with Gasteiger partial charge < -0.3 is 5.32 Å². The summed E-state index contributed by atoms with van der Waals surface area (Å²) in [5, 5.41) is 3.81. The standard InChI is InChI=1S/C13H18N2/c1-2-9-14-12(4-1)10-13-7-3-5-11(15-13)6-8-13/h1-2,4,9,11,15H,3,5-8,10H2. The molecule has 2 nitrogen and oxygen atoms in total. The second-order valence-electron chi connectivity index (χ2n) is 5.05. The highest BCUT2D eigenvalue weighted by molar-refractivity contribution is 5.12. The second kappa shape index (κ2) is 3.60. The summed E-state index contributed by atoms with van der Waals surface area (Å²) < 4.78 is 0. The van der Waals surface area contributed by atoms with Crippen molar-refractivity contribution >= 4 is 0 Å². The van der Waals surface area contributed by atoms with Crippen LogP contribution in [0.4, 0.5) is 0 Å². The molecule has 2 saturated heterocycles. The molecule has 2 unspecified atom stereocenters. The van der Waals surface area contributed by atoms with Crippen molar-refractivity contribution in [2.45, 2.75) is 50.1 Å². The van der Waals surface area contributed by atoms with Gasteiger partial charge in [-0.15, -0.1) is 0 Å². The fourth-order valence-corrected chi connectivity index (χ4v) is 3.21. The van der Waals surface area contributed by atoms with Crippen molar-refractivity contribution in [3.05, 3.63) is 30.1 Å². The number of hydrogen-bond acceptors (Lipinski definition) is 2. The molecule has 0 spiro atoms. The van der Waals surface area contributed by atoms with Crippen LogP contribution in [0.5, 0.6) is 0 Å². The van der Waals surface area contributed by atoms with E-state index >= 15 is 0 Å². The molecule has 3 heterocycles. The molecule has 0 amide bonds. The summed E-state index contributed by atoms with van der Waals surface area (Å²) in [7, 11) is 0. The molecule has 2 atom stereocenters. The van der Waals surface area contributed by atoms with Gasteiger partial charge in [0.25, 0.3) is 0 Å². The summed E-state index contributed by atoms with van der Waals surface area (Å²) in [4.78, 5) is 4.44.